The molecular formula is C22H23N. The average Bonchev–Trinajstić information content (AvgIpc) is 2.58. The Morgan fingerprint density at radius 3 is 2.30 bits per heavy atom. The molecule has 0 unspecified atom stereocenters. The maximum atomic E-state index is 4.75. The molecule has 0 aliphatic heterocycles. The molecule has 3 aromatic rings. The Labute approximate surface area is 139 Å². The van der Waals surface area contributed by atoms with E-state index in [1.807, 2.05) is 12.3 Å². The second-order valence-electron chi connectivity index (χ2n) is 6.16. The number of aryl methyl sites for hydroxylation is 2. The van der Waals surface area contributed by atoms with Crippen LogP contribution in [0.5, 0.6) is 0 Å². The highest BCUT2D eigenvalue weighted by Gasteiger charge is 2.10. The van der Waals surface area contributed by atoms with Crippen LogP contribution in [0.15, 0.2) is 60.8 Å². The molecule has 0 atom stereocenters. The highest BCUT2D eigenvalue weighted by molar-refractivity contribution is 5.70. The molecule has 3 rings (SSSR count). The van der Waals surface area contributed by atoms with Crippen molar-refractivity contribution < 1.29 is 0 Å². The molecule has 0 bridgehead atoms. The minimum Gasteiger partial charge on any atom is -0.256 e. The fraction of sp³-hybridized carbons (Fsp3) is 0.227. The first kappa shape index (κ1) is 15.5. The lowest BCUT2D eigenvalue weighted by Crippen LogP contribution is -1.97. The second-order valence-corrected chi connectivity index (χ2v) is 6.16. The molecule has 0 amide bonds. The minimum atomic E-state index is 1.07. The predicted molar refractivity (Wildman–Crippen MR) is 98.6 cm³/mol. The third-order valence-corrected chi connectivity index (χ3v) is 4.26. The molecule has 116 valence electrons. The molecule has 1 aromatic heterocycles. The third kappa shape index (κ3) is 3.34. The Morgan fingerprint density at radius 1 is 0.870 bits per heavy atom. The van der Waals surface area contributed by atoms with Gasteiger partial charge in [-0.05, 0) is 49.1 Å². The maximum absolute atomic E-state index is 4.75. The molecule has 0 N–H and O–H groups in total. The van der Waals surface area contributed by atoms with Gasteiger partial charge in [-0.25, -0.2) is 0 Å². The van der Waals surface area contributed by atoms with Crippen LogP contribution in [0.2, 0.25) is 0 Å². The van der Waals surface area contributed by atoms with E-state index in [4.69, 9.17) is 4.98 Å². The van der Waals surface area contributed by atoms with E-state index in [0.717, 1.165) is 24.1 Å². The number of benzene rings is 2. The summed E-state index contributed by atoms with van der Waals surface area (Å²) < 4.78 is 0. The van der Waals surface area contributed by atoms with Gasteiger partial charge in [0, 0.05) is 17.3 Å². The van der Waals surface area contributed by atoms with E-state index in [9.17, 15) is 0 Å². The summed E-state index contributed by atoms with van der Waals surface area (Å²) >= 11 is 0. The minimum absolute atomic E-state index is 1.07. The van der Waals surface area contributed by atoms with Crippen molar-refractivity contribution in [2.75, 3.05) is 0 Å². The van der Waals surface area contributed by atoms with Crippen LogP contribution in [0.4, 0.5) is 0 Å². The van der Waals surface area contributed by atoms with Crippen molar-refractivity contribution in [2.24, 2.45) is 0 Å². The van der Waals surface area contributed by atoms with Crippen molar-refractivity contribution in [1.82, 2.24) is 4.98 Å². The molecule has 1 heteroatoms. The van der Waals surface area contributed by atoms with Crippen molar-refractivity contribution in [3.8, 4) is 22.4 Å². The largest absolute Gasteiger partial charge is 0.256 e. The van der Waals surface area contributed by atoms with E-state index in [2.05, 4.69) is 69.3 Å². The highest BCUT2D eigenvalue weighted by atomic mass is 14.7. The lowest BCUT2D eigenvalue weighted by Gasteiger charge is -2.14. The molecule has 23 heavy (non-hydrogen) atoms. The summed E-state index contributed by atoms with van der Waals surface area (Å²) in [5.41, 5.74) is 8.82. The van der Waals surface area contributed by atoms with Crippen LogP contribution in [-0.4, -0.2) is 4.98 Å². The Kier molecular flexibility index (Phi) is 4.57. The summed E-state index contributed by atoms with van der Waals surface area (Å²) in [4.78, 5) is 4.75. The van der Waals surface area contributed by atoms with Gasteiger partial charge in [-0.1, -0.05) is 61.4 Å². The first-order chi connectivity index (χ1) is 11.2. The molecule has 0 spiro atoms. The lowest BCUT2D eigenvalue weighted by atomic mass is 9.93. The van der Waals surface area contributed by atoms with Crippen molar-refractivity contribution in [1.29, 1.82) is 0 Å². The van der Waals surface area contributed by atoms with Crippen LogP contribution in [0.3, 0.4) is 0 Å². The van der Waals surface area contributed by atoms with Crippen molar-refractivity contribution in [2.45, 2.75) is 33.6 Å². The zero-order valence-corrected chi connectivity index (χ0v) is 14.1. The SMILES string of the molecule is CCCc1c(C)cc(C)cc1-c1ccc(-c2ccccc2)cn1. The molecule has 0 saturated carbocycles. The first-order valence-corrected chi connectivity index (χ1v) is 8.31. The van der Waals surface area contributed by atoms with Gasteiger partial charge < -0.3 is 0 Å². The fourth-order valence-electron chi connectivity index (χ4n) is 3.16. The number of hydrogen-bond donors (Lipinski definition) is 0. The van der Waals surface area contributed by atoms with E-state index in [-0.39, 0.29) is 0 Å². The Balaban J connectivity index is 2.03. The summed E-state index contributed by atoms with van der Waals surface area (Å²) in [6.07, 6.45) is 4.24. The topological polar surface area (TPSA) is 12.9 Å². The van der Waals surface area contributed by atoms with Crippen molar-refractivity contribution in [3.63, 3.8) is 0 Å². The number of rotatable bonds is 4. The van der Waals surface area contributed by atoms with Gasteiger partial charge in [0.25, 0.3) is 0 Å². The molecule has 2 aromatic carbocycles. The van der Waals surface area contributed by atoms with Crippen LogP contribution >= 0.6 is 0 Å². The van der Waals surface area contributed by atoms with Gasteiger partial charge in [0.15, 0.2) is 0 Å². The fourth-order valence-corrected chi connectivity index (χ4v) is 3.16. The highest BCUT2D eigenvalue weighted by Crippen LogP contribution is 2.29. The van der Waals surface area contributed by atoms with E-state index in [0.29, 0.717) is 0 Å². The van der Waals surface area contributed by atoms with Crippen molar-refractivity contribution in [3.05, 3.63) is 77.5 Å². The van der Waals surface area contributed by atoms with Crippen molar-refractivity contribution >= 4 is 0 Å². The first-order valence-electron chi connectivity index (χ1n) is 8.31. The van der Waals surface area contributed by atoms with Gasteiger partial charge in [0.1, 0.15) is 0 Å². The quantitative estimate of drug-likeness (QED) is 0.577. The smallest absolute Gasteiger partial charge is 0.0705 e. The molecule has 0 saturated heterocycles. The average molecular weight is 301 g/mol. The molecule has 1 heterocycles. The molecule has 0 fully saturated rings. The maximum Gasteiger partial charge on any atom is 0.0705 e. The van der Waals surface area contributed by atoms with Gasteiger partial charge in [0.05, 0.1) is 5.69 Å². The zero-order chi connectivity index (χ0) is 16.2. The molecular weight excluding hydrogens is 278 g/mol. The number of hydrogen-bond acceptors (Lipinski definition) is 1. The van der Waals surface area contributed by atoms with E-state index in [1.165, 1.54) is 27.8 Å². The Bertz CT molecular complexity index is 786. The number of aromatic nitrogens is 1. The van der Waals surface area contributed by atoms with Gasteiger partial charge in [0.2, 0.25) is 0 Å². The summed E-state index contributed by atoms with van der Waals surface area (Å²) in [5, 5.41) is 0. The summed E-state index contributed by atoms with van der Waals surface area (Å²) in [6, 6.07) is 19.3. The number of nitrogens with zero attached hydrogens (tertiary/aromatic N) is 1. The molecule has 0 aliphatic carbocycles. The van der Waals surface area contributed by atoms with Crippen LogP contribution in [-0.2, 0) is 6.42 Å². The number of pyridine rings is 1. The van der Waals surface area contributed by atoms with Gasteiger partial charge in [-0.15, -0.1) is 0 Å². The van der Waals surface area contributed by atoms with E-state index in [1.54, 1.807) is 0 Å². The van der Waals surface area contributed by atoms with Crippen LogP contribution < -0.4 is 0 Å². The van der Waals surface area contributed by atoms with E-state index >= 15 is 0 Å². The van der Waals surface area contributed by atoms with E-state index < -0.39 is 0 Å². The molecule has 0 aliphatic rings. The zero-order valence-electron chi connectivity index (χ0n) is 14.1. The van der Waals surface area contributed by atoms with Gasteiger partial charge in [-0.2, -0.15) is 0 Å². The van der Waals surface area contributed by atoms with Crippen LogP contribution in [0, 0.1) is 13.8 Å². The lowest BCUT2D eigenvalue weighted by molar-refractivity contribution is 0.912. The summed E-state index contributed by atoms with van der Waals surface area (Å²) in [7, 11) is 0. The second kappa shape index (κ2) is 6.78. The molecule has 1 nitrogen and oxygen atoms in total. The van der Waals surface area contributed by atoms with Gasteiger partial charge >= 0.3 is 0 Å². The monoisotopic (exact) mass is 301 g/mol. The normalized spacial score (nSPS) is 10.7. The summed E-state index contributed by atoms with van der Waals surface area (Å²) in [5.74, 6) is 0. The van der Waals surface area contributed by atoms with Crippen LogP contribution in [0.25, 0.3) is 22.4 Å². The Hall–Kier alpha value is -2.41. The standard InChI is InChI=1S/C22H23N/c1-4-8-20-17(3)13-16(2)14-21(20)22-12-11-19(15-23-22)18-9-6-5-7-10-18/h5-7,9-15H,4,8H2,1-3H3. The van der Waals surface area contributed by atoms with Gasteiger partial charge in [-0.3, -0.25) is 4.98 Å². The Morgan fingerprint density at radius 2 is 1.65 bits per heavy atom. The molecule has 0 radical (unpaired) electrons. The van der Waals surface area contributed by atoms with Crippen LogP contribution in [0.1, 0.15) is 30.0 Å². The predicted octanol–water partition coefficient (Wildman–Crippen LogP) is 5.98. The third-order valence-electron chi connectivity index (χ3n) is 4.26. The summed E-state index contributed by atoms with van der Waals surface area (Å²) in [6.45, 7) is 6.60.